The second-order valence-corrected chi connectivity index (χ2v) is 7.43. The van der Waals surface area contributed by atoms with Gasteiger partial charge in [0.05, 0.1) is 0 Å². The molecule has 2 amide bonds. The molecule has 0 atom stereocenters. The molecular weight excluding hydrogens is 350 g/mol. The van der Waals surface area contributed by atoms with Crippen LogP contribution in [0.5, 0.6) is 0 Å². The summed E-state index contributed by atoms with van der Waals surface area (Å²) in [5.41, 5.74) is 8.44. The number of hydrogen-bond acceptors (Lipinski definition) is 3. The highest BCUT2D eigenvalue weighted by molar-refractivity contribution is 5.94. The van der Waals surface area contributed by atoms with Crippen LogP contribution in [0.15, 0.2) is 48.5 Å². The van der Waals surface area contributed by atoms with Gasteiger partial charge in [0.1, 0.15) is 0 Å². The lowest BCUT2D eigenvalue weighted by Gasteiger charge is -2.26. The average molecular weight is 380 g/mol. The van der Waals surface area contributed by atoms with Crippen molar-refractivity contribution in [1.29, 1.82) is 0 Å². The maximum absolute atomic E-state index is 12.3. The Morgan fingerprint density at radius 1 is 0.929 bits per heavy atom. The van der Waals surface area contributed by atoms with Gasteiger partial charge in [-0.3, -0.25) is 9.59 Å². The number of benzene rings is 2. The number of piperidine rings is 1. The molecule has 2 aromatic carbocycles. The van der Waals surface area contributed by atoms with E-state index >= 15 is 0 Å². The average Bonchev–Trinajstić information content (AvgIpc) is 2.72. The zero-order chi connectivity index (χ0) is 19.8. The lowest BCUT2D eigenvalue weighted by atomic mass is 10.0. The Balaban J connectivity index is 1.50. The van der Waals surface area contributed by atoms with Crippen LogP contribution in [-0.4, -0.2) is 36.3 Å². The maximum atomic E-state index is 12.3. The van der Waals surface area contributed by atoms with Gasteiger partial charge in [-0.25, -0.2) is 0 Å². The summed E-state index contributed by atoms with van der Waals surface area (Å²) in [4.78, 5) is 26.2. The second-order valence-electron chi connectivity index (χ2n) is 7.43. The Bertz CT molecular complexity index is 813. The van der Waals surface area contributed by atoms with Crippen molar-refractivity contribution in [2.75, 3.05) is 25.0 Å². The Labute approximate surface area is 166 Å². The summed E-state index contributed by atoms with van der Waals surface area (Å²) in [6.07, 6.45) is 6.47. The van der Waals surface area contributed by atoms with Crippen LogP contribution >= 0.6 is 0 Å². The van der Waals surface area contributed by atoms with Crippen molar-refractivity contribution in [2.24, 2.45) is 5.73 Å². The minimum absolute atomic E-state index is 0.0432. The van der Waals surface area contributed by atoms with Crippen LogP contribution in [0.1, 0.15) is 48.9 Å². The molecule has 0 saturated carbocycles. The molecule has 1 fully saturated rings. The second kappa shape index (κ2) is 10.0. The molecule has 1 heterocycles. The normalized spacial score (nSPS) is 14.6. The van der Waals surface area contributed by atoms with Crippen LogP contribution in [0.4, 0.5) is 5.69 Å². The molecule has 1 aliphatic heterocycles. The van der Waals surface area contributed by atoms with Gasteiger partial charge in [0.25, 0.3) is 0 Å². The number of primary amides is 1. The summed E-state index contributed by atoms with van der Waals surface area (Å²) < 4.78 is 0. The van der Waals surface area contributed by atoms with Crippen molar-refractivity contribution < 1.29 is 9.59 Å². The summed E-state index contributed by atoms with van der Waals surface area (Å²) in [5, 5.41) is 2.98. The smallest absolute Gasteiger partial charge is 0.248 e. The summed E-state index contributed by atoms with van der Waals surface area (Å²) >= 11 is 0. The highest BCUT2D eigenvalue weighted by atomic mass is 16.1. The van der Waals surface area contributed by atoms with Gasteiger partial charge < -0.3 is 16.0 Å². The van der Waals surface area contributed by atoms with E-state index in [1.807, 2.05) is 36.4 Å². The lowest BCUT2D eigenvalue weighted by Crippen LogP contribution is -2.30. The molecular formula is C23H29N3O2. The summed E-state index contributed by atoms with van der Waals surface area (Å²) in [5.74, 6) is -0.405. The Morgan fingerprint density at radius 3 is 2.39 bits per heavy atom. The van der Waals surface area contributed by atoms with Gasteiger partial charge in [0.2, 0.25) is 11.8 Å². The molecule has 5 heteroatoms. The van der Waals surface area contributed by atoms with Crippen LogP contribution in [0, 0.1) is 0 Å². The van der Waals surface area contributed by atoms with Crippen LogP contribution in [0.3, 0.4) is 0 Å². The number of nitrogens with zero attached hydrogens (tertiary/aromatic N) is 1. The lowest BCUT2D eigenvalue weighted by molar-refractivity contribution is -0.116. The Morgan fingerprint density at radius 2 is 1.64 bits per heavy atom. The molecule has 3 rings (SSSR count). The zero-order valence-electron chi connectivity index (χ0n) is 16.3. The number of rotatable bonds is 8. The molecule has 148 valence electrons. The number of nitrogens with two attached hydrogens (primary N) is 1. The van der Waals surface area contributed by atoms with Gasteiger partial charge >= 0.3 is 0 Å². The molecule has 1 aliphatic rings. The van der Waals surface area contributed by atoms with Gasteiger partial charge in [0, 0.05) is 17.7 Å². The highest BCUT2D eigenvalue weighted by Gasteiger charge is 2.10. The fourth-order valence-electron chi connectivity index (χ4n) is 3.66. The van der Waals surface area contributed by atoms with Crippen LogP contribution < -0.4 is 11.1 Å². The van der Waals surface area contributed by atoms with Crippen molar-refractivity contribution >= 4 is 17.5 Å². The molecule has 1 saturated heterocycles. The van der Waals surface area contributed by atoms with E-state index in [9.17, 15) is 9.59 Å². The topological polar surface area (TPSA) is 75.4 Å². The van der Waals surface area contributed by atoms with Crippen molar-refractivity contribution in [3.05, 3.63) is 54.1 Å². The fourth-order valence-corrected chi connectivity index (χ4v) is 3.66. The standard InChI is InChI=1S/C23H29N3O2/c24-23(28)20-10-6-8-18(16-20)19-9-7-11-21(17-19)25-22(27)12-2-5-15-26-13-3-1-4-14-26/h6-11,16-17H,1-5,12-15H2,(H2,24,28)(H,25,27). The minimum atomic E-state index is -0.448. The number of hydrogen-bond donors (Lipinski definition) is 2. The predicted octanol–water partition coefficient (Wildman–Crippen LogP) is 4.05. The van der Waals surface area contributed by atoms with E-state index in [2.05, 4.69) is 10.2 Å². The highest BCUT2D eigenvalue weighted by Crippen LogP contribution is 2.24. The number of amides is 2. The SMILES string of the molecule is NC(=O)c1cccc(-c2cccc(NC(=O)CCCCN3CCCCC3)c2)c1. The number of likely N-dealkylation sites (tertiary alicyclic amines) is 1. The van der Waals surface area contributed by atoms with Crippen molar-refractivity contribution in [3.8, 4) is 11.1 Å². The molecule has 0 aliphatic carbocycles. The van der Waals surface area contributed by atoms with Gasteiger partial charge in [-0.15, -0.1) is 0 Å². The zero-order valence-corrected chi connectivity index (χ0v) is 16.3. The molecule has 3 N–H and O–H groups in total. The number of carbonyl (C=O) groups excluding carboxylic acids is 2. The van der Waals surface area contributed by atoms with Crippen molar-refractivity contribution in [2.45, 2.75) is 38.5 Å². The third kappa shape index (κ3) is 5.92. The summed E-state index contributed by atoms with van der Waals surface area (Å²) in [7, 11) is 0. The minimum Gasteiger partial charge on any atom is -0.366 e. The third-order valence-corrected chi connectivity index (χ3v) is 5.20. The first-order valence-electron chi connectivity index (χ1n) is 10.1. The van der Waals surface area contributed by atoms with E-state index in [4.69, 9.17) is 5.73 Å². The molecule has 2 aromatic rings. The first-order chi connectivity index (χ1) is 13.6. The van der Waals surface area contributed by atoms with Gasteiger partial charge in [0.15, 0.2) is 0 Å². The van der Waals surface area contributed by atoms with E-state index in [-0.39, 0.29) is 5.91 Å². The Kier molecular flexibility index (Phi) is 7.20. The molecule has 0 bridgehead atoms. The third-order valence-electron chi connectivity index (χ3n) is 5.20. The quantitative estimate of drug-likeness (QED) is 0.680. The fraction of sp³-hybridized carbons (Fsp3) is 0.391. The van der Waals surface area contributed by atoms with E-state index in [1.165, 1.54) is 32.4 Å². The van der Waals surface area contributed by atoms with E-state index in [0.717, 1.165) is 36.2 Å². The Hall–Kier alpha value is -2.66. The van der Waals surface area contributed by atoms with Crippen LogP contribution in [0.25, 0.3) is 11.1 Å². The van der Waals surface area contributed by atoms with E-state index in [0.29, 0.717) is 12.0 Å². The van der Waals surface area contributed by atoms with Crippen LogP contribution in [-0.2, 0) is 4.79 Å². The van der Waals surface area contributed by atoms with Gasteiger partial charge in [-0.1, -0.05) is 30.7 Å². The largest absolute Gasteiger partial charge is 0.366 e. The molecule has 0 spiro atoms. The summed E-state index contributed by atoms with van der Waals surface area (Å²) in [6, 6.07) is 14.9. The first-order valence-corrected chi connectivity index (χ1v) is 10.1. The van der Waals surface area contributed by atoms with E-state index < -0.39 is 5.91 Å². The number of carbonyl (C=O) groups is 2. The predicted molar refractivity (Wildman–Crippen MR) is 113 cm³/mol. The number of nitrogens with one attached hydrogen (secondary N) is 1. The van der Waals surface area contributed by atoms with Crippen LogP contribution in [0.2, 0.25) is 0 Å². The van der Waals surface area contributed by atoms with Gasteiger partial charge in [-0.2, -0.15) is 0 Å². The summed E-state index contributed by atoms with van der Waals surface area (Å²) in [6.45, 7) is 3.50. The maximum Gasteiger partial charge on any atom is 0.248 e. The molecule has 28 heavy (non-hydrogen) atoms. The first kappa shape index (κ1) is 20.1. The monoisotopic (exact) mass is 379 g/mol. The molecule has 0 radical (unpaired) electrons. The molecule has 0 unspecified atom stereocenters. The van der Waals surface area contributed by atoms with Crippen molar-refractivity contribution in [1.82, 2.24) is 4.90 Å². The number of unbranched alkanes of at least 4 members (excludes halogenated alkanes) is 1. The number of anilines is 1. The van der Waals surface area contributed by atoms with Gasteiger partial charge in [-0.05, 0) is 80.7 Å². The molecule has 5 nitrogen and oxygen atoms in total. The van der Waals surface area contributed by atoms with E-state index in [1.54, 1.807) is 12.1 Å². The van der Waals surface area contributed by atoms with Crippen molar-refractivity contribution in [3.63, 3.8) is 0 Å². The molecule has 0 aromatic heterocycles.